The van der Waals surface area contributed by atoms with Crippen LogP contribution in [0.1, 0.15) is 12.5 Å². The molecule has 0 bridgehead atoms. The lowest BCUT2D eigenvalue weighted by Gasteiger charge is -2.24. The van der Waals surface area contributed by atoms with Crippen molar-refractivity contribution in [3.05, 3.63) is 35.9 Å². The molecule has 1 saturated heterocycles. The fourth-order valence-corrected chi connectivity index (χ4v) is 3.40. The first kappa shape index (κ1) is 13.9. The number of hydrogen-bond acceptors (Lipinski definition) is 5. The molecular formula is C13H14O5S. The highest BCUT2D eigenvalue weighted by Crippen LogP contribution is 2.35. The summed E-state index contributed by atoms with van der Waals surface area (Å²) in [7, 11) is -1.60. The van der Waals surface area contributed by atoms with Gasteiger partial charge in [-0.3, -0.25) is 9.00 Å². The average molecular weight is 282 g/mol. The van der Waals surface area contributed by atoms with Crippen LogP contribution in [0.4, 0.5) is 0 Å². The van der Waals surface area contributed by atoms with Crippen LogP contribution in [0.25, 0.3) is 0 Å². The summed E-state index contributed by atoms with van der Waals surface area (Å²) in [6.07, 6.45) is 0. The fraction of sp³-hybridized carbons (Fsp3) is 0.385. The maximum atomic E-state index is 12.3. The van der Waals surface area contributed by atoms with Gasteiger partial charge in [0.1, 0.15) is 0 Å². The minimum atomic E-state index is -1.71. The van der Waals surface area contributed by atoms with Crippen molar-refractivity contribution in [1.82, 2.24) is 0 Å². The van der Waals surface area contributed by atoms with Crippen LogP contribution >= 0.6 is 0 Å². The normalized spacial score (nSPS) is 26.1. The molecule has 0 unspecified atom stereocenters. The molecule has 2 atom stereocenters. The van der Waals surface area contributed by atoms with Gasteiger partial charge in [-0.25, -0.2) is 4.79 Å². The third-order valence-electron chi connectivity index (χ3n) is 2.81. The van der Waals surface area contributed by atoms with Crippen molar-refractivity contribution in [3.8, 4) is 0 Å². The molecule has 0 saturated carbocycles. The van der Waals surface area contributed by atoms with Crippen molar-refractivity contribution < 1.29 is 23.3 Å². The van der Waals surface area contributed by atoms with E-state index >= 15 is 0 Å². The molecule has 1 aromatic carbocycles. The van der Waals surface area contributed by atoms with Crippen molar-refractivity contribution in [3.63, 3.8) is 0 Å². The Hall–Kier alpha value is -1.53. The second-order valence-electron chi connectivity index (χ2n) is 3.93. The Balaban J connectivity index is 2.45. The molecule has 1 heterocycles. The van der Waals surface area contributed by atoms with Crippen LogP contribution in [0.2, 0.25) is 0 Å². The molecule has 0 spiro atoms. The van der Waals surface area contributed by atoms with Crippen LogP contribution in [0.5, 0.6) is 0 Å². The summed E-state index contributed by atoms with van der Waals surface area (Å²) < 4.78 is 22.3. The summed E-state index contributed by atoms with van der Waals surface area (Å²) >= 11 is 0. The number of hydrogen-bond donors (Lipinski definition) is 0. The number of esters is 1. The first-order chi connectivity index (χ1) is 9.13. The number of carbonyl (C=O) groups is 2. The molecule has 1 fully saturated rings. The van der Waals surface area contributed by atoms with Gasteiger partial charge in [0.15, 0.2) is 0 Å². The number of ketones is 1. The summed E-state index contributed by atoms with van der Waals surface area (Å²) in [5, 5.41) is 0. The van der Waals surface area contributed by atoms with E-state index in [1.807, 2.05) is 0 Å². The summed E-state index contributed by atoms with van der Waals surface area (Å²) in [5.41, 5.74) is 0.420. The third-order valence-corrected chi connectivity index (χ3v) is 4.53. The van der Waals surface area contributed by atoms with Gasteiger partial charge in [-0.15, -0.1) is 0 Å². The molecule has 1 aliphatic heterocycles. The Morgan fingerprint density at radius 2 is 2.05 bits per heavy atom. The van der Waals surface area contributed by atoms with E-state index in [0.29, 0.717) is 5.56 Å². The van der Waals surface area contributed by atoms with Gasteiger partial charge in [0.05, 0.1) is 29.8 Å². The number of carbonyl (C=O) groups excluding carboxylic acids is 2. The van der Waals surface area contributed by atoms with Gasteiger partial charge in [-0.2, -0.15) is 0 Å². The molecule has 102 valence electrons. The van der Waals surface area contributed by atoms with Crippen molar-refractivity contribution in [2.45, 2.75) is 11.9 Å². The molecule has 5 nitrogen and oxygen atoms in total. The highest BCUT2D eigenvalue weighted by atomic mass is 32.2. The predicted molar refractivity (Wildman–Crippen MR) is 68.7 cm³/mol. The molecule has 0 amide bonds. The second-order valence-corrected chi connectivity index (χ2v) is 5.60. The van der Waals surface area contributed by atoms with Crippen molar-refractivity contribution in [1.29, 1.82) is 0 Å². The molecule has 0 aromatic heterocycles. The van der Waals surface area contributed by atoms with Crippen molar-refractivity contribution >= 4 is 22.6 Å². The van der Waals surface area contributed by atoms with Gasteiger partial charge in [0, 0.05) is 5.56 Å². The second kappa shape index (κ2) is 5.63. The predicted octanol–water partition coefficient (Wildman–Crippen LogP) is 0.751. The first-order valence-corrected chi connectivity index (χ1v) is 7.24. The Bertz CT molecular complexity index is 513. The lowest BCUT2D eigenvalue weighted by Crippen LogP contribution is -2.43. The van der Waals surface area contributed by atoms with E-state index in [1.165, 1.54) is 0 Å². The summed E-state index contributed by atoms with van der Waals surface area (Å²) in [5.74, 6) is -1.70. The molecule has 0 N–H and O–H groups in total. The SMILES string of the molecule is CCOC(=O)C(=O)[C@@]1(c2ccccc2)OCC[S@]1=O. The van der Waals surface area contributed by atoms with E-state index in [1.54, 1.807) is 37.3 Å². The van der Waals surface area contributed by atoms with Crippen LogP contribution < -0.4 is 0 Å². The van der Waals surface area contributed by atoms with E-state index in [0.717, 1.165) is 0 Å². The zero-order chi connectivity index (χ0) is 13.9. The van der Waals surface area contributed by atoms with E-state index in [9.17, 15) is 13.8 Å². The zero-order valence-corrected chi connectivity index (χ0v) is 11.3. The van der Waals surface area contributed by atoms with Crippen LogP contribution in [0, 0.1) is 0 Å². The maximum Gasteiger partial charge on any atom is 0.379 e. The molecule has 1 aliphatic rings. The van der Waals surface area contributed by atoms with Crippen LogP contribution in [0.3, 0.4) is 0 Å². The average Bonchev–Trinajstić information content (AvgIpc) is 2.82. The van der Waals surface area contributed by atoms with E-state index < -0.39 is 27.5 Å². The minimum absolute atomic E-state index is 0.0854. The Morgan fingerprint density at radius 1 is 1.37 bits per heavy atom. The van der Waals surface area contributed by atoms with E-state index in [-0.39, 0.29) is 19.0 Å². The largest absolute Gasteiger partial charge is 0.460 e. The quantitative estimate of drug-likeness (QED) is 0.602. The number of rotatable bonds is 4. The van der Waals surface area contributed by atoms with Crippen LogP contribution in [0.15, 0.2) is 30.3 Å². The summed E-state index contributed by atoms with van der Waals surface area (Å²) in [6, 6.07) is 8.42. The van der Waals surface area contributed by atoms with Crippen molar-refractivity contribution in [2.24, 2.45) is 0 Å². The van der Waals surface area contributed by atoms with Crippen LogP contribution in [-0.2, 0) is 34.8 Å². The summed E-state index contributed by atoms with van der Waals surface area (Å²) in [4.78, 5) is 22.2. The maximum absolute atomic E-state index is 12.3. The Kier molecular flexibility index (Phi) is 4.11. The molecule has 6 heteroatoms. The third kappa shape index (κ3) is 2.33. The Labute approximate surface area is 113 Å². The molecule has 1 aromatic rings. The van der Waals surface area contributed by atoms with Gasteiger partial charge < -0.3 is 9.47 Å². The summed E-state index contributed by atoms with van der Waals surface area (Å²) in [6.45, 7) is 1.86. The first-order valence-electron chi connectivity index (χ1n) is 5.92. The standard InChI is InChI=1S/C13H14O5S/c1-2-17-12(15)11(14)13(18-8-9-19(13)16)10-6-4-3-5-7-10/h3-7H,2,8-9H2,1H3/t13-,19+/m0/s1. The lowest BCUT2D eigenvalue weighted by molar-refractivity contribution is -0.160. The molecule has 2 rings (SSSR count). The van der Waals surface area contributed by atoms with Gasteiger partial charge in [0.2, 0.25) is 4.93 Å². The van der Waals surface area contributed by atoms with E-state index in [4.69, 9.17) is 9.47 Å². The number of ether oxygens (including phenoxy) is 2. The van der Waals surface area contributed by atoms with Gasteiger partial charge in [-0.1, -0.05) is 30.3 Å². The highest BCUT2D eigenvalue weighted by molar-refractivity contribution is 7.87. The van der Waals surface area contributed by atoms with Gasteiger partial charge in [-0.05, 0) is 6.92 Å². The molecule has 19 heavy (non-hydrogen) atoms. The number of Topliss-reactive ketones (excluding diaryl/α,β-unsaturated/α-hetero) is 1. The molecule has 0 aliphatic carbocycles. The Morgan fingerprint density at radius 3 is 2.58 bits per heavy atom. The van der Waals surface area contributed by atoms with Gasteiger partial charge >= 0.3 is 5.97 Å². The van der Waals surface area contributed by atoms with E-state index in [2.05, 4.69) is 0 Å². The minimum Gasteiger partial charge on any atom is -0.460 e. The van der Waals surface area contributed by atoms with Crippen molar-refractivity contribution in [2.75, 3.05) is 19.0 Å². The topological polar surface area (TPSA) is 69.7 Å². The molecule has 0 radical (unpaired) electrons. The smallest absolute Gasteiger partial charge is 0.379 e. The fourth-order valence-electron chi connectivity index (χ4n) is 1.97. The monoisotopic (exact) mass is 282 g/mol. The highest BCUT2D eigenvalue weighted by Gasteiger charge is 2.54. The number of benzene rings is 1. The molecular weight excluding hydrogens is 268 g/mol. The zero-order valence-electron chi connectivity index (χ0n) is 10.5. The van der Waals surface area contributed by atoms with Crippen LogP contribution in [-0.4, -0.2) is 34.9 Å². The van der Waals surface area contributed by atoms with Gasteiger partial charge in [0.25, 0.3) is 5.78 Å². The lowest BCUT2D eigenvalue weighted by atomic mass is 10.0.